The van der Waals surface area contributed by atoms with Crippen LogP contribution in [0.1, 0.15) is 31.9 Å². The van der Waals surface area contributed by atoms with Crippen molar-refractivity contribution < 1.29 is 19.1 Å². The van der Waals surface area contributed by atoms with Crippen LogP contribution in [0.4, 0.5) is 4.79 Å². The van der Waals surface area contributed by atoms with Crippen LogP contribution in [-0.2, 0) is 27.3 Å². The fourth-order valence-electron chi connectivity index (χ4n) is 4.04. The van der Waals surface area contributed by atoms with Gasteiger partial charge in [-0.1, -0.05) is 60.7 Å². The Morgan fingerprint density at radius 1 is 1.00 bits per heavy atom. The highest BCUT2D eigenvalue weighted by Crippen LogP contribution is 2.13. The summed E-state index contributed by atoms with van der Waals surface area (Å²) in [6, 6.07) is 18.5. The van der Waals surface area contributed by atoms with Gasteiger partial charge >= 0.3 is 6.09 Å². The molecule has 1 aliphatic heterocycles. The lowest BCUT2D eigenvalue weighted by atomic mass is 10.1. The van der Waals surface area contributed by atoms with Gasteiger partial charge in [0.25, 0.3) is 0 Å². The Morgan fingerprint density at radius 2 is 1.58 bits per heavy atom. The van der Waals surface area contributed by atoms with Crippen molar-refractivity contribution in [1.29, 1.82) is 0 Å². The molecule has 4 unspecified atom stereocenters. The molecule has 2 aromatic rings. The zero-order chi connectivity index (χ0) is 23.6. The highest BCUT2D eigenvalue weighted by atomic mass is 16.5. The van der Waals surface area contributed by atoms with Gasteiger partial charge in [0.2, 0.25) is 5.91 Å². The number of carbonyl (C=O) groups excluding carboxylic acids is 2. The van der Waals surface area contributed by atoms with Gasteiger partial charge in [0, 0.05) is 32.1 Å². The van der Waals surface area contributed by atoms with Gasteiger partial charge in [-0.2, -0.15) is 0 Å². The maximum atomic E-state index is 13.0. The molecule has 7 nitrogen and oxygen atoms in total. The number of amides is 2. The highest BCUT2D eigenvalue weighted by molar-refractivity contribution is 5.86. The Bertz CT molecular complexity index is 868. The van der Waals surface area contributed by atoms with Crippen molar-refractivity contribution in [1.82, 2.24) is 15.5 Å². The number of nitrogens with one attached hydrogen (secondary N) is 2. The Balaban J connectivity index is 1.56. The number of benzene rings is 2. The van der Waals surface area contributed by atoms with E-state index >= 15 is 0 Å². The summed E-state index contributed by atoms with van der Waals surface area (Å²) < 4.78 is 11.1. The molecule has 1 saturated heterocycles. The summed E-state index contributed by atoms with van der Waals surface area (Å²) in [6.45, 7) is 8.53. The summed E-state index contributed by atoms with van der Waals surface area (Å²) in [6.07, 6.45) is 0.101. The van der Waals surface area contributed by atoms with E-state index in [1.54, 1.807) is 0 Å². The first-order chi connectivity index (χ1) is 15.9. The molecule has 1 heterocycles. The summed E-state index contributed by atoms with van der Waals surface area (Å²) in [7, 11) is 0. The second-order valence-electron chi connectivity index (χ2n) is 8.75. The van der Waals surface area contributed by atoms with Gasteiger partial charge < -0.3 is 20.1 Å². The van der Waals surface area contributed by atoms with Crippen LogP contribution in [0.3, 0.4) is 0 Å². The largest absolute Gasteiger partial charge is 0.445 e. The van der Waals surface area contributed by atoms with Crippen LogP contribution in [0.15, 0.2) is 60.7 Å². The fraction of sp³-hybridized carbons (Fsp3) is 0.462. The highest BCUT2D eigenvalue weighted by Gasteiger charge is 2.27. The van der Waals surface area contributed by atoms with E-state index in [1.165, 1.54) is 0 Å². The number of rotatable bonds is 9. The number of nitrogens with zero attached hydrogens (tertiary/aromatic N) is 1. The third-order valence-electron chi connectivity index (χ3n) is 5.75. The van der Waals surface area contributed by atoms with E-state index in [-0.39, 0.29) is 30.8 Å². The van der Waals surface area contributed by atoms with Crippen LogP contribution < -0.4 is 10.6 Å². The first-order valence-electron chi connectivity index (χ1n) is 11.6. The van der Waals surface area contributed by atoms with Crippen LogP contribution in [0, 0.1) is 0 Å². The minimum absolute atomic E-state index is 0.150. The third kappa shape index (κ3) is 8.18. The number of hydrogen-bond donors (Lipinski definition) is 2. The van der Waals surface area contributed by atoms with E-state index in [2.05, 4.69) is 36.3 Å². The first kappa shape index (κ1) is 24.7. The Morgan fingerprint density at radius 3 is 2.18 bits per heavy atom. The predicted molar refractivity (Wildman–Crippen MR) is 128 cm³/mol. The molecular formula is C26H35N3O4. The summed E-state index contributed by atoms with van der Waals surface area (Å²) in [5.74, 6) is -0.225. The molecule has 4 atom stereocenters. The van der Waals surface area contributed by atoms with Crippen molar-refractivity contribution in [2.24, 2.45) is 0 Å². The van der Waals surface area contributed by atoms with Gasteiger partial charge in [0.15, 0.2) is 0 Å². The smallest absolute Gasteiger partial charge is 0.408 e. The van der Waals surface area contributed by atoms with Crippen molar-refractivity contribution in [3.8, 4) is 0 Å². The van der Waals surface area contributed by atoms with Crippen molar-refractivity contribution in [3.05, 3.63) is 71.8 Å². The minimum Gasteiger partial charge on any atom is -0.445 e. The topological polar surface area (TPSA) is 79.9 Å². The maximum Gasteiger partial charge on any atom is 0.408 e. The number of alkyl carbamates (subject to hydrolysis) is 1. The van der Waals surface area contributed by atoms with Gasteiger partial charge in [-0.15, -0.1) is 0 Å². The van der Waals surface area contributed by atoms with E-state index in [0.717, 1.165) is 24.2 Å². The third-order valence-corrected chi connectivity index (χ3v) is 5.75. The van der Waals surface area contributed by atoms with E-state index in [0.29, 0.717) is 13.0 Å². The molecule has 0 bridgehead atoms. The number of ether oxygens (including phenoxy) is 2. The second kappa shape index (κ2) is 12.4. The van der Waals surface area contributed by atoms with E-state index in [1.807, 2.05) is 60.7 Å². The molecule has 2 aromatic carbocycles. The summed E-state index contributed by atoms with van der Waals surface area (Å²) in [5.41, 5.74) is 1.85. The average molecular weight is 454 g/mol. The zero-order valence-corrected chi connectivity index (χ0v) is 19.7. The number of morpholine rings is 1. The molecule has 0 aromatic heterocycles. The minimum atomic E-state index is -0.731. The van der Waals surface area contributed by atoms with Crippen LogP contribution in [0.5, 0.6) is 0 Å². The van der Waals surface area contributed by atoms with Gasteiger partial charge in [-0.3, -0.25) is 9.69 Å². The first-order valence-corrected chi connectivity index (χ1v) is 11.6. The lowest BCUT2D eigenvalue weighted by Gasteiger charge is -2.39. The van der Waals surface area contributed by atoms with Crippen LogP contribution in [0.2, 0.25) is 0 Å². The van der Waals surface area contributed by atoms with E-state index < -0.39 is 12.1 Å². The number of carbonyl (C=O) groups is 2. The standard InChI is InChI=1S/C26H35N3O4/c1-19(29-16-20(2)33-21(3)17-29)15-27-25(30)24(14-22-10-6-4-7-11-22)28-26(31)32-18-23-12-8-5-9-13-23/h4-13,19-21,24H,14-18H2,1-3H3,(H,27,30)(H,28,31). The molecule has 0 radical (unpaired) electrons. The average Bonchev–Trinajstić information content (AvgIpc) is 2.81. The molecule has 33 heavy (non-hydrogen) atoms. The molecule has 2 N–H and O–H groups in total. The quantitative estimate of drug-likeness (QED) is 0.610. The Labute approximate surface area is 196 Å². The Hall–Kier alpha value is -2.90. The molecule has 0 aliphatic carbocycles. The molecule has 2 amide bonds. The predicted octanol–water partition coefficient (Wildman–Crippen LogP) is 3.14. The van der Waals surface area contributed by atoms with E-state index in [4.69, 9.17) is 9.47 Å². The van der Waals surface area contributed by atoms with Crippen LogP contribution in [-0.4, -0.2) is 60.8 Å². The van der Waals surface area contributed by atoms with Crippen molar-refractivity contribution in [2.75, 3.05) is 19.6 Å². The molecule has 7 heteroatoms. The summed E-state index contributed by atoms with van der Waals surface area (Å²) in [5, 5.41) is 5.76. The summed E-state index contributed by atoms with van der Waals surface area (Å²) in [4.78, 5) is 27.8. The molecule has 3 rings (SSSR count). The molecule has 178 valence electrons. The van der Waals surface area contributed by atoms with Gasteiger partial charge in [-0.05, 0) is 31.9 Å². The monoisotopic (exact) mass is 453 g/mol. The molecule has 0 spiro atoms. The fourth-order valence-corrected chi connectivity index (χ4v) is 4.04. The van der Waals surface area contributed by atoms with Crippen LogP contribution in [0.25, 0.3) is 0 Å². The Kier molecular flexibility index (Phi) is 9.27. The molecular weight excluding hydrogens is 418 g/mol. The number of hydrogen-bond acceptors (Lipinski definition) is 5. The van der Waals surface area contributed by atoms with Crippen LogP contribution >= 0.6 is 0 Å². The molecule has 1 fully saturated rings. The van der Waals surface area contributed by atoms with Gasteiger partial charge in [0.1, 0.15) is 12.6 Å². The van der Waals surface area contributed by atoms with Gasteiger partial charge in [-0.25, -0.2) is 4.79 Å². The van der Waals surface area contributed by atoms with Crippen molar-refractivity contribution in [2.45, 2.75) is 58.1 Å². The normalized spacial score (nSPS) is 20.5. The van der Waals surface area contributed by atoms with Crippen molar-refractivity contribution in [3.63, 3.8) is 0 Å². The zero-order valence-electron chi connectivity index (χ0n) is 19.7. The molecule has 1 aliphatic rings. The second-order valence-corrected chi connectivity index (χ2v) is 8.75. The maximum absolute atomic E-state index is 13.0. The SMILES string of the molecule is CC1CN(C(C)CNC(=O)C(Cc2ccccc2)NC(=O)OCc2ccccc2)CC(C)O1. The lowest BCUT2D eigenvalue weighted by molar-refractivity contribution is -0.123. The summed E-state index contributed by atoms with van der Waals surface area (Å²) >= 11 is 0. The van der Waals surface area contributed by atoms with Crippen molar-refractivity contribution >= 4 is 12.0 Å². The van der Waals surface area contributed by atoms with Gasteiger partial charge in [0.05, 0.1) is 12.2 Å². The molecule has 0 saturated carbocycles. The van der Waals surface area contributed by atoms with E-state index in [9.17, 15) is 9.59 Å². The lowest BCUT2D eigenvalue weighted by Crippen LogP contribution is -2.54.